The minimum atomic E-state index is -0.489. The van der Waals surface area contributed by atoms with Crippen molar-refractivity contribution in [2.24, 2.45) is 11.8 Å². The van der Waals surface area contributed by atoms with Gasteiger partial charge in [0.05, 0.1) is 25.4 Å². The van der Waals surface area contributed by atoms with Crippen LogP contribution in [0.1, 0.15) is 39.5 Å². The molecule has 3 heteroatoms. The summed E-state index contributed by atoms with van der Waals surface area (Å²) in [6.07, 6.45) is 13.6. The first-order valence-corrected chi connectivity index (χ1v) is 7.77. The first kappa shape index (κ1) is 17.2. The Balaban J connectivity index is 2.12. The number of ether oxygens (including phenoxy) is 1. The van der Waals surface area contributed by atoms with Crippen molar-refractivity contribution < 1.29 is 9.84 Å². The zero-order valence-electron chi connectivity index (χ0n) is 12.8. The zero-order valence-corrected chi connectivity index (χ0v) is 12.8. The summed E-state index contributed by atoms with van der Waals surface area (Å²) < 4.78 is 5.66. The van der Waals surface area contributed by atoms with E-state index in [1.807, 2.05) is 0 Å². The van der Waals surface area contributed by atoms with E-state index in [0.717, 1.165) is 32.3 Å². The molecule has 4 atom stereocenters. The van der Waals surface area contributed by atoms with Crippen LogP contribution in [0.3, 0.4) is 0 Å². The van der Waals surface area contributed by atoms with Crippen LogP contribution >= 0.6 is 0 Å². The summed E-state index contributed by atoms with van der Waals surface area (Å²) in [5.41, 5.74) is 0. The van der Waals surface area contributed by atoms with E-state index in [0.29, 0.717) is 25.0 Å². The number of rotatable bonds is 9. The predicted molar refractivity (Wildman–Crippen MR) is 83.4 cm³/mol. The van der Waals surface area contributed by atoms with Gasteiger partial charge in [0.25, 0.3) is 0 Å². The van der Waals surface area contributed by atoms with Gasteiger partial charge in [0.1, 0.15) is 0 Å². The summed E-state index contributed by atoms with van der Waals surface area (Å²) in [6.45, 7) is 5.97. The molecule has 1 aliphatic carbocycles. The van der Waals surface area contributed by atoms with Crippen LogP contribution in [0.15, 0.2) is 12.2 Å². The Hall–Kier alpha value is -0.820. The predicted octanol–water partition coefficient (Wildman–Crippen LogP) is 2.36. The fraction of sp³-hybridized carbons (Fsp3) is 0.765. The molecule has 0 heterocycles. The van der Waals surface area contributed by atoms with Gasteiger partial charge >= 0.3 is 0 Å². The van der Waals surface area contributed by atoms with E-state index >= 15 is 0 Å². The molecule has 1 rings (SSSR count). The van der Waals surface area contributed by atoms with Crippen molar-refractivity contribution in [1.29, 1.82) is 0 Å². The molecule has 0 bridgehead atoms. The van der Waals surface area contributed by atoms with Gasteiger partial charge in [-0.15, -0.1) is 6.42 Å². The molecule has 0 aromatic heterocycles. The van der Waals surface area contributed by atoms with Crippen LogP contribution in [0.5, 0.6) is 0 Å². The number of aliphatic hydroxyl groups is 1. The minimum Gasteiger partial charge on any atom is -0.389 e. The maximum atomic E-state index is 9.89. The monoisotopic (exact) mass is 279 g/mol. The molecule has 2 N–H and O–H groups in total. The highest BCUT2D eigenvalue weighted by Gasteiger charge is 2.18. The lowest BCUT2D eigenvalue weighted by molar-refractivity contribution is 0.0123. The summed E-state index contributed by atoms with van der Waals surface area (Å²) in [5, 5.41) is 13.1. The Kier molecular flexibility index (Phi) is 8.60. The molecule has 0 amide bonds. The molecule has 4 unspecified atom stereocenters. The molecule has 0 spiro atoms. The average molecular weight is 279 g/mol. The highest BCUT2D eigenvalue weighted by Crippen LogP contribution is 2.24. The molecule has 0 aromatic rings. The number of hydrogen-bond acceptors (Lipinski definition) is 3. The highest BCUT2D eigenvalue weighted by atomic mass is 16.5. The third kappa shape index (κ3) is 6.56. The van der Waals surface area contributed by atoms with Crippen LogP contribution in [0.25, 0.3) is 0 Å². The maximum absolute atomic E-state index is 9.89. The smallest absolute Gasteiger partial charge is 0.0898 e. The molecule has 0 fully saturated rings. The van der Waals surface area contributed by atoms with Gasteiger partial charge in [-0.2, -0.15) is 0 Å². The lowest BCUT2D eigenvalue weighted by atomic mass is 9.85. The first-order valence-electron chi connectivity index (χ1n) is 7.77. The van der Waals surface area contributed by atoms with E-state index < -0.39 is 6.10 Å². The van der Waals surface area contributed by atoms with Crippen molar-refractivity contribution >= 4 is 0 Å². The summed E-state index contributed by atoms with van der Waals surface area (Å²) >= 11 is 0. The van der Waals surface area contributed by atoms with Crippen LogP contribution in [-0.4, -0.2) is 37.0 Å². The van der Waals surface area contributed by atoms with E-state index in [2.05, 4.69) is 37.2 Å². The van der Waals surface area contributed by atoms with E-state index in [1.54, 1.807) is 0 Å². The molecule has 0 radical (unpaired) electrons. The topological polar surface area (TPSA) is 41.5 Å². The molecule has 0 aromatic carbocycles. The first-order chi connectivity index (χ1) is 9.67. The van der Waals surface area contributed by atoms with Gasteiger partial charge in [-0.05, 0) is 31.1 Å². The maximum Gasteiger partial charge on any atom is 0.0898 e. The Labute approximate surface area is 123 Å². The van der Waals surface area contributed by atoms with E-state index in [-0.39, 0.29) is 6.04 Å². The number of allylic oxidation sites excluding steroid dienone is 2. The summed E-state index contributed by atoms with van der Waals surface area (Å²) in [5.74, 6) is 3.96. The molecular weight excluding hydrogens is 250 g/mol. The number of nitrogens with one attached hydrogen (secondary N) is 1. The molecular formula is C17H29NO2. The fourth-order valence-corrected chi connectivity index (χ4v) is 2.46. The van der Waals surface area contributed by atoms with Crippen molar-refractivity contribution in [2.75, 3.05) is 19.8 Å². The SMILES string of the molecule is C#CC(CCC)NCC(O)COCC1CC=CCC1C. The second-order valence-electron chi connectivity index (χ2n) is 5.79. The van der Waals surface area contributed by atoms with Crippen LogP contribution in [0.2, 0.25) is 0 Å². The van der Waals surface area contributed by atoms with Gasteiger partial charge in [0, 0.05) is 6.54 Å². The Morgan fingerprint density at radius 2 is 2.20 bits per heavy atom. The van der Waals surface area contributed by atoms with Gasteiger partial charge in [0.15, 0.2) is 0 Å². The molecule has 0 aliphatic heterocycles. The van der Waals surface area contributed by atoms with Gasteiger partial charge < -0.3 is 15.2 Å². The fourth-order valence-electron chi connectivity index (χ4n) is 2.46. The van der Waals surface area contributed by atoms with Gasteiger partial charge in [-0.3, -0.25) is 0 Å². The largest absolute Gasteiger partial charge is 0.389 e. The van der Waals surface area contributed by atoms with Crippen LogP contribution in [0.4, 0.5) is 0 Å². The Morgan fingerprint density at radius 3 is 2.85 bits per heavy atom. The quantitative estimate of drug-likeness (QED) is 0.503. The minimum absolute atomic E-state index is 0.0538. The van der Waals surface area contributed by atoms with Gasteiger partial charge in [-0.1, -0.05) is 38.3 Å². The second-order valence-corrected chi connectivity index (χ2v) is 5.79. The molecule has 0 saturated carbocycles. The summed E-state index contributed by atoms with van der Waals surface area (Å²) in [4.78, 5) is 0. The molecule has 3 nitrogen and oxygen atoms in total. The van der Waals surface area contributed by atoms with Crippen molar-refractivity contribution in [3.63, 3.8) is 0 Å². The normalized spacial score (nSPS) is 25.1. The number of aliphatic hydroxyl groups excluding tert-OH is 1. The average Bonchev–Trinajstić information content (AvgIpc) is 2.45. The lowest BCUT2D eigenvalue weighted by Gasteiger charge is -2.25. The van der Waals surface area contributed by atoms with Crippen molar-refractivity contribution in [3.05, 3.63) is 12.2 Å². The standard InChI is InChI=1S/C17H29NO2/c1-4-8-16(5-2)18-11-17(19)13-20-12-15-10-7-6-9-14(15)3/h2,6-7,14-19H,4,8-13H2,1,3H3. The number of hydrogen-bond donors (Lipinski definition) is 2. The summed E-state index contributed by atoms with van der Waals surface area (Å²) in [6, 6.07) is 0.0538. The molecule has 0 saturated heterocycles. The van der Waals surface area contributed by atoms with Crippen molar-refractivity contribution in [1.82, 2.24) is 5.32 Å². The Morgan fingerprint density at radius 1 is 1.45 bits per heavy atom. The lowest BCUT2D eigenvalue weighted by Crippen LogP contribution is -2.37. The third-order valence-corrected chi connectivity index (χ3v) is 3.94. The van der Waals surface area contributed by atoms with Crippen molar-refractivity contribution in [2.45, 2.75) is 51.7 Å². The van der Waals surface area contributed by atoms with Crippen molar-refractivity contribution in [3.8, 4) is 12.3 Å². The summed E-state index contributed by atoms with van der Waals surface area (Å²) in [7, 11) is 0. The third-order valence-electron chi connectivity index (χ3n) is 3.94. The highest BCUT2D eigenvalue weighted by molar-refractivity contribution is 4.98. The van der Waals surface area contributed by atoms with Gasteiger partial charge in [-0.25, -0.2) is 0 Å². The van der Waals surface area contributed by atoms with E-state index in [1.165, 1.54) is 0 Å². The molecule has 1 aliphatic rings. The Bertz CT molecular complexity index is 321. The van der Waals surface area contributed by atoms with E-state index in [4.69, 9.17) is 11.2 Å². The van der Waals surface area contributed by atoms with Gasteiger partial charge in [0.2, 0.25) is 0 Å². The second kappa shape index (κ2) is 9.99. The zero-order chi connectivity index (χ0) is 14.8. The molecule has 114 valence electrons. The van der Waals surface area contributed by atoms with Crippen LogP contribution < -0.4 is 5.32 Å². The van der Waals surface area contributed by atoms with E-state index in [9.17, 15) is 5.11 Å². The molecule has 20 heavy (non-hydrogen) atoms. The van der Waals surface area contributed by atoms with Crippen LogP contribution in [0, 0.1) is 24.2 Å². The number of terminal acetylenes is 1. The van der Waals surface area contributed by atoms with Crippen LogP contribution in [-0.2, 0) is 4.74 Å².